The Morgan fingerprint density at radius 3 is 2.41 bits per heavy atom. The molecule has 0 saturated heterocycles. The molecular formula is C31H26ClFN4O3S. The van der Waals surface area contributed by atoms with E-state index in [1.807, 2.05) is 13.0 Å². The molecule has 1 heterocycles. The fourth-order valence-electron chi connectivity index (χ4n) is 3.68. The Labute approximate surface area is 246 Å². The summed E-state index contributed by atoms with van der Waals surface area (Å²) in [7, 11) is 0. The minimum Gasteiger partial charge on any atom is -0.321 e. The van der Waals surface area contributed by atoms with Crippen LogP contribution in [0.5, 0.6) is 0 Å². The molecule has 4 rings (SSSR count). The van der Waals surface area contributed by atoms with E-state index >= 15 is 0 Å². The van der Waals surface area contributed by atoms with E-state index in [4.69, 9.17) is 11.6 Å². The maximum atomic E-state index is 14.4. The second-order valence-corrected chi connectivity index (χ2v) is 10.5. The fourth-order valence-corrected chi connectivity index (χ4v) is 4.80. The summed E-state index contributed by atoms with van der Waals surface area (Å²) in [5.41, 5.74) is 0.782. The predicted molar refractivity (Wildman–Crippen MR) is 161 cm³/mol. The number of amides is 3. The number of nitrogens with one attached hydrogen (secondary N) is 3. The van der Waals surface area contributed by atoms with Gasteiger partial charge in [-0.05, 0) is 61.0 Å². The second kappa shape index (κ2) is 14.2. The normalized spacial score (nSPS) is 11.8. The van der Waals surface area contributed by atoms with Crippen molar-refractivity contribution in [1.82, 2.24) is 10.3 Å². The van der Waals surface area contributed by atoms with Crippen LogP contribution in [0.2, 0.25) is 5.02 Å². The monoisotopic (exact) mass is 588 g/mol. The first kappa shape index (κ1) is 29.5. The van der Waals surface area contributed by atoms with Crippen molar-refractivity contribution in [1.29, 1.82) is 0 Å². The number of thioether (sulfide) groups is 1. The number of rotatable bonds is 10. The van der Waals surface area contributed by atoms with E-state index in [9.17, 15) is 18.8 Å². The highest BCUT2D eigenvalue weighted by molar-refractivity contribution is 8.00. The van der Waals surface area contributed by atoms with E-state index in [1.54, 1.807) is 66.7 Å². The number of pyridine rings is 1. The smallest absolute Gasteiger partial charge is 0.272 e. The zero-order valence-corrected chi connectivity index (χ0v) is 23.5. The number of carbonyl (C=O) groups excluding carboxylic acids is 3. The Balaban J connectivity index is 1.50. The molecule has 1 unspecified atom stereocenters. The van der Waals surface area contributed by atoms with Crippen LogP contribution in [-0.2, 0) is 9.59 Å². The van der Waals surface area contributed by atoms with Gasteiger partial charge in [0.05, 0.1) is 10.3 Å². The van der Waals surface area contributed by atoms with Gasteiger partial charge >= 0.3 is 0 Å². The first-order valence-electron chi connectivity index (χ1n) is 12.7. The third kappa shape index (κ3) is 8.51. The summed E-state index contributed by atoms with van der Waals surface area (Å²) < 4.78 is 14.4. The fraction of sp³-hybridized carbons (Fsp3) is 0.0968. The van der Waals surface area contributed by atoms with Gasteiger partial charge in [-0.1, -0.05) is 61.0 Å². The van der Waals surface area contributed by atoms with Crippen LogP contribution in [-0.4, -0.2) is 28.0 Å². The molecule has 0 aliphatic carbocycles. The molecule has 0 bridgehead atoms. The van der Waals surface area contributed by atoms with Crippen LogP contribution in [0, 0.1) is 5.82 Å². The van der Waals surface area contributed by atoms with E-state index in [-0.39, 0.29) is 17.2 Å². The lowest BCUT2D eigenvalue weighted by atomic mass is 10.1. The van der Waals surface area contributed by atoms with Crippen molar-refractivity contribution < 1.29 is 18.8 Å². The SMILES string of the molecule is CCC(Sc1cccc(NC(=O)/C(=C/c2ccccc2F)NC(=O)c2ccccc2)c1)C(=O)Nc1ccc(Cl)cn1. The standard InChI is InChI=1S/C31H26ClFN4O3S/c1-2-27(31(40)37-28-16-15-22(32)19-34-28)41-24-13-8-12-23(18-24)35-30(39)26(17-21-11-6-7-14-25(21)33)36-29(38)20-9-4-3-5-10-20/h3-19,27H,2H2,1H3,(H,35,39)(H,36,38)(H,34,37,40)/b26-17-. The van der Waals surface area contributed by atoms with Gasteiger partial charge in [-0.2, -0.15) is 0 Å². The topological polar surface area (TPSA) is 100 Å². The lowest BCUT2D eigenvalue weighted by Crippen LogP contribution is -2.30. The maximum Gasteiger partial charge on any atom is 0.272 e. The first-order valence-corrected chi connectivity index (χ1v) is 13.9. The average Bonchev–Trinajstić information content (AvgIpc) is 2.98. The average molecular weight is 589 g/mol. The summed E-state index contributed by atoms with van der Waals surface area (Å²) in [5, 5.41) is 8.18. The summed E-state index contributed by atoms with van der Waals surface area (Å²) >= 11 is 7.20. The van der Waals surface area contributed by atoms with E-state index in [0.717, 1.165) is 4.90 Å². The van der Waals surface area contributed by atoms with Crippen molar-refractivity contribution in [3.63, 3.8) is 0 Å². The number of halogens is 2. The number of hydrogen-bond acceptors (Lipinski definition) is 5. The second-order valence-electron chi connectivity index (χ2n) is 8.75. The quantitative estimate of drug-likeness (QED) is 0.140. The number of anilines is 2. The summed E-state index contributed by atoms with van der Waals surface area (Å²) in [6.45, 7) is 1.90. The molecule has 0 aliphatic rings. The van der Waals surface area contributed by atoms with Crippen LogP contribution in [0.3, 0.4) is 0 Å². The van der Waals surface area contributed by atoms with Crippen LogP contribution >= 0.6 is 23.4 Å². The van der Waals surface area contributed by atoms with Gasteiger partial charge in [0.25, 0.3) is 11.8 Å². The van der Waals surface area contributed by atoms with Crippen molar-refractivity contribution in [3.8, 4) is 0 Å². The lowest BCUT2D eigenvalue weighted by Gasteiger charge is -2.16. The molecule has 1 aromatic heterocycles. The van der Waals surface area contributed by atoms with Gasteiger partial charge in [-0.15, -0.1) is 11.8 Å². The van der Waals surface area contributed by atoms with Crippen LogP contribution in [0.15, 0.2) is 108 Å². The van der Waals surface area contributed by atoms with Crippen molar-refractivity contribution in [2.75, 3.05) is 10.6 Å². The number of carbonyl (C=O) groups is 3. The third-order valence-corrected chi connectivity index (χ3v) is 7.33. The van der Waals surface area contributed by atoms with Crippen LogP contribution < -0.4 is 16.0 Å². The Morgan fingerprint density at radius 2 is 1.71 bits per heavy atom. The van der Waals surface area contributed by atoms with E-state index in [0.29, 0.717) is 28.5 Å². The molecule has 0 spiro atoms. The zero-order chi connectivity index (χ0) is 29.2. The maximum absolute atomic E-state index is 14.4. The number of hydrogen-bond donors (Lipinski definition) is 3. The highest BCUT2D eigenvalue weighted by atomic mass is 35.5. The van der Waals surface area contributed by atoms with Gasteiger partial charge in [0.15, 0.2) is 0 Å². The van der Waals surface area contributed by atoms with Gasteiger partial charge in [0.1, 0.15) is 17.3 Å². The molecule has 0 aliphatic heterocycles. The molecule has 0 saturated carbocycles. The Kier molecular flexibility index (Phi) is 10.3. The van der Waals surface area contributed by atoms with Crippen LogP contribution in [0.4, 0.5) is 15.9 Å². The molecule has 7 nitrogen and oxygen atoms in total. The van der Waals surface area contributed by atoms with Gasteiger partial charge in [-0.3, -0.25) is 14.4 Å². The van der Waals surface area contributed by atoms with Crippen LogP contribution in [0.1, 0.15) is 29.3 Å². The zero-order valence-electron chi connectivity index (χ0n) is 21.9. The summed E-state index contributed by atoms with van der Waals surface area (Å²) in [6, 6.07) is 24.6. The number of nitrogens with zero attached hydrogens (tertiary/aromatic N) is 1. The van der Waals surface area contributed by atoms with Crippen LogP contribution in [0.25, 0.3) is 6.08 Å². The third-order valence-electron chi connectivity index (χ3n) is 5.75. The molecule has 0 fully saturated rings. The Morgan fingerprint density at radius 1 is 0.951 bits per heavy atom. The summed E-state index contributed by atoms with van der Waals surface area (Å²) in [4.78, 5) is 43.8. The van der Waals surface area contributed by atoms with E-state index in [2.05, 4.69) is 20.9 Å². The molecule has 4 aromatic rings. The van der Waals surface area contributed by atoms with Gasteiger partial charge in [-0.25, -0.2) is 9.37 Å². The van der Waals surface area contributed by atoms with Crippen molar-refractivity contribution in [2.45, 2.75) is 23.5 Å². The van der Waals surface area contributed by atoms with Gasteiger partial charge in [0, 0.05) is 27.9 Å². The Hall–Kier alpha value is -4.47. The highest BCUT2D eigenvalue weighted by Crippen LogP contribution is 2.29. The minimum absolute atomic E-state index is 0.136. The van der Waals surface area contributed by atoms with Crippen molar-refractivity contribution >= 4 is 58.7 Å². The lowest BCUT2D eigenvalue weighted by molar-refractivity contribution is -0.116. The number of benzene rings is 3. The predicted octanol–water partition coefficient (Wildman–Crippen LogP) is 6.79. The first-order chi connectivity index (χ1) is 19.8. The largest absolute Gasteiger partial charge is 0.321 e. The van der Waals surface area contributed by atoms with E-state index < -0.39 is 22.9 Å². The molecule has 41 heavy (non-hydrogen) atoms. The molecule has 10 heteroatoms. The number of aromatic nitrogens is 1. The van der Waals surface area contributed by atoms with E-state index in [1.165, 1.54) is 42.2 Å². The molecule has 1 atom stereocenters. The molecule has 3 aromatic carbocycles. The molecule has 0 radical (unpaired) electrons. The van der Waals surface area contributed by atoms with Gasteiger partial charge in [0.2, 0.25) is 5.91 Å². The highest BCUT2D eigenvalue weighted by Gasteiger charge is 2.20. The summed E-state index contributed by atoms with van der Waals surface area (Å²) in [5.74, 6) is -1.52. The molecule has 208 valence electrons. The molecule has 3 amide bonds. The Bertz CT molecular complexity index is 1570. The van der Waals surface area contributed by atoms with Gasteiger partial charge < -0.3 is 16.0 Å². The molecular weight excluding hydrogens is 563 g/mol. The minimum atomic E-state index is -0.640. The summed E-state index contributed by atoms with van der Waals surface area (Å²) in [6.07, 6.45) is 3.28. The molecule has 3 N–H and O–H groups in total. The van der Waals surface area contributed by atoms with Crippen molar-refractivity contribution in [3.05, 3.63) is 125 Å². The van der Waals surface area contributed by atoms with Crippen molar-refractivity contribution in [2.24, 2.45) is 0 Å².